The van der Waals surface area contributed by atoms with Crippen LogP contribution in [0.15, 0.2) is 23.6 Å². The highest BCUT2D eigenvalue weighted by atomic mass is 32.1. The number of carboxylic acid groups (broad SMARTS) is 1. The van der Waals surface area contributed by atoms with Crippen LogP contribution in [0.1, 0.15) is 47.3 Å². The summed E-state index contributed by atoms with van der Waals surface area (Å²) in [5.41, 5.74) is 2.42. The van der Waals surface area contributed by atoms with Crippen LogP contribution in [0.3, 0.4) is 0 Å². The summed E-state index contributed by atoms with van der Waals surface area (Å²) in [6.07, 6.45) is 3.85. The van der Waals surface area contributed by atoms with Gasteiger partial charge in [0.25, 0.3) is 0 Å². The summed E-state index contributed by atoms with van der Waals surface area (Å²) in [7, 11) is 0. The molecule has 1 fully saturated rings. The van der Waals surface area contributed by atoms with E-state index < -0.39 is 24.6 Å². The van der Waals surface area contributed by atoms with Gasteiger partial charge in [-0.05, 0) is 31.9 Å². The first-order valence-electron chi connectivity index (χ1n) is 10.2. The van der Waals surface area contributed by atoms with Crippen molar-refractivity contribution < 1.29 is 24.3 Å². The molecule has 0 unspecified atom stereocenters. The van der Waals surface area contributed by atoms with Gasteiger partial charge in [-0.1, -0.05) is 24.5 Å². The van der Waals surface area contributed by atoms with E-state index in [9.17, 15) is 19.2 Å². The first kappa shape index (κ1) is 23.2. The van der Waals surface area contributed by atoms with Gasteiger partial charge in [-0.2, -0.15) is 0 Å². The van der Waals surface area contributed by atoms with Gasteiger partial charge in [0.05, 0.1) is 17.9 Å². The molecule has 1 aliphatic carbocycles. The van der Waals surface area contributed by atoms with E-state index >= 15 is 0 Å². The fourth-order valence-electron chi connectivity index (χ4n) is 3.46. The second-order valence-corrected chi connectivity index (χ2v) is 8.41. The number of carbonyl (C=O) groups excluding carboxylic acids is 3. The van der Waals surface area contributed by atoms with E-state index in [1.807, 2.05) is 13.0 Å². The molecule has 1 heterocycles. The van der Waals surface area contributed by atoms with Gasteiger partial charge in [-0.25, -0.2) is 14.6 Å². The van der Waals surface area contributed by atoms with Crippen LogP contribution < -0.4 is 21.3 Å². The Kier molecular flexibility index (Phi) is 7.77. The molecule has 0 atom stereocenters. The molecule has 0 saturated heterocycles. The minimum Gasteiger partial charge on any atom is -0.480 e. The number of aryl methyl sites for hydroxylation is 1. The number of hydrogen-bond donors (Lipinski definition) is 5. The van der Waals surface area contributed by atoms with Gasteiger partial charge in [-0.3, -0.25) is 14.9 Å². The monoisotopic (exact) mass is 459 g/mol. The van der Waals surface area contributed by atoms with Crippen molar-refractivity contribution in [3.05, 3.63) is 40.4 Å². The number of urea groups is 2. The Morgan fingerprint density at radius 2 is 1.84 bits per heavy atom. The molecule has 5 N–H and O–H groups in total. The lowest BCUT2D eigenvalue weighted by Gasteiger charge is -2.14. The third-order valence-corrected chi connectivity index (χ3v) is 5.82. The standard InChI is InChI=1S/C21H25N5O5S/c1-12-6-7-16(15(8-12)18(29)13-4-2-3-5-13)25-20(31)26-21-24-14(11-32-21)9-22-19(30)23-10-17(27)28/h6-8,11,13H,2-5,9-10H2,1H3,(H,27,28)(H2,22,23,30)(H2,24,25,26,31). The molecule has 11 heteroatoms. The van der Waals surface area contributed by atoms with Crippen LogP contribution in [0.2, 0.25) is 0 Å². The molecule has 1 aliphatic rings. The zero-order valence-corrected chi connectivity index (χ0v) is 18.4. The van der Waals surface area contributed by atoms with Crippen molar-refractivity contribution in [3.8, 4) is 0 Å². The number of carboxylic acids is 1. The summed E-state index contributed by atoms with van der Waals surface area (Å²) in [6.45, 7) is 1.49. The lowest BCUT2D eigenvalue weighted by molar-refractivity contribution is -0.135. The third-order valence-electron chi connectivity index (χ3n) is 5.02. The molecule has 3 rings (SSSR count). The molecule has 1 aromatic heterocycles. The van der Waals surface area contributed by atoms with E-state index in [1.54, 1.807) is 17.5 Å². The summed E-state index contributed by atoms with van der Waals surface area (Å²) in [4.78, 5) is 51.6. The Morgan fingerprint density at radius 1 is 1.09 bits per heavy atom. The lowest BCUT2D eigenvalue weighted by Crippen LogP contribution is -2.38. The van der Waals surface area contributed by atoms with Crippen LogP contribution in [0.5, 0.6) is 0 Å². The van der Waals surface area contributed by atoms with Crippen molar-refractivity contribution in [2.24, 2.45) is 5.92 Å². The summed E-state index contributed by atoms with van der Waals surface area (Å²) in [6, 6.07) is 4.21. The SMILES string of the molecule is Cc1ccc(NC(=O)Nc2nc(CNC(=O)NCC(=O)O)cs2)c(C(=O)C2CCCC2)c1. The maximum Gasteiger partial charge on any atom is 0.325 e. The Morgan fingerprint density at radius 3 is 2.56 bits per heavy atom. The fraction of sp³-hybridized carbons (Fsp3) is 0.381. The highest BCUT2D eigenvalue weighted by Gasteiger charge is 2.26. The van der Waals surface area contributed by atoms with Gasteiger partial charge in [-0.15, -0.1) is 11.3 Å². The highest BCUT2D eigenvalue weighted by Crippen LogP contribution is 2.31. The average molecular weight is 460 g/mol. The maximum atomic E-state index is 12.9. The van der Waals surface area contributed by atoms with Gasteiger partial charge in [0, 0.05) is 16.9 Å². The van der Waals surface area contributed by atoms with Gasteiger partial charge in [0.2, 0.25) is 0 Å². The van der Waals surface area contributed by atoms with Gasteiger partial charge in [0.1, 0.15) is 6.54 Å². The highest BCUT2D eigenvalue weighted by molar-refractivity contribution is 7.13. The molecule has 0 bridgehead atoms. The number of benzene rings is 1. The molecule has 0 radical (unpaired) electrons. The number of anilines is 2. The van der Waals surface area contributed by atoms with Crippen molar-refractivity contribution in [2.75, 3.05) is 17.2 Å². The summed E-state index contributed by atoms with van der Waals surface area (Å²) in [5.74, 6) is -1.08. The van der Waals surface area contributed by atoms with Crippen molar-refractivity contribution in [1.29, 1.82) is 0 Å². The molecule has 0 aliphatic heterocycles. The Balaban J connectivity index is 1.57. The van der Waals surface area contributed by atoms with Crippen molar-refractivity contribution in [1.82, 2.24) is 15.6 Å². The predicted molar refractivity (Wildman–Crippen MR) is 120 cm³/mol. The molecule has 170 valence electrons. The van der Waals surface area contributed by atoms with Crippen LogP contribution in [0.4, 0.5) is 20.4 Å². The zero-order valence-electron chi connectivity index (χ0n) is 17.6. The number of rotatable bonds is 8. The number of ketones is 1. The molecule has 2 aromatic rings. The van der Waals surface area contributed by atoms with Crippen LogP contribution in [-0.2, 0) is 11.3 Å². The maximum absolute atomic E-state index is 12.9. The Bertz CT molecular complexity index is 1020. The van der Waals surface area contributed by atoms with Crippen LogP contribution in [0, 0.1) is 12.8 Å². The summed E-state index contributed by atoms with van der Waals surface area (Å²) < 4.78 is 0. The molecular weight excluding hydrogens is 434 g/mol. The quantitative estimate of drug-likeness (QED) is 0.382. The summed E-state index contributed by atoms with van der Waals surface area (Å²) >= 11 is 1.18. The lowest BCUT2D eigenvalue weighted by atomic mass is 9.94. The number of carbonyl (C=O) groups is 4. The van der Waals surface area contributed by atoms with Crippen molar-refractivity contribution in [3.63, 3.8) is 0 Å². The van der Waals surface area contributed by atoms with Crippen molar-refractivity contribution >= 4 is 46.0 Å². The minimum absolute atomic E-state index is 0.00197. The van der Waals surface area contributed by atoms with Gasteiger partial charge < -0.3 is 21.1 Å². The number of amides is 4. The van der Waals surface area contributed by atoms with Crippen LogP contribution in [-0.4, -0.2) is 40.5 Å². The molecule has 1 saturated carbocycles. The van der Waals surface area contributed by atoms with Crippen LogP contribution in [0.25, 0.3) is 0 Å². The molecular formula is C21H25N5O5S. The predicted octanol–water partition coefficient (Wildman–Crippen LogP) is 3.35. The molecule has 10 nitrogen and oxygen atoms in total. The number of hydrogen-bond acceptors (Lipinski definition) is 6. The van der Waals surface area contributed by atoms with E-state index in [-0.39, 0.29) is 18.2 Å². The number of aliphatic carboxylic acids is 1. The topological polar surface area (TPSA) is 150 Å². The van der Waals surface area contributed by atoms with E-state index in [0.29, 0.717) is 22.1 Å². The first-order valence-corrected chi connectivity index (χ1v) is 11.1. The number of Topliss-reactive ketones (excluding diaryl/α,β-unsaturated/α-hetero) is 1. The smallest absolute Gasteiger partial charge is 0.325 e. The van der Waals surface area contributed by atoms with Gasteiger partial charge in [0.15, 0.2) is 10.9 Å². The largest absolute Gasteiger partial charge is 0.480 e. The first-order chi connectivity index (χ1) is 15.3. The summed E-state index contributed by atoms with van der Waals surface area (Å²) in [5, 5.41) is 20.5. The van der Waals surface area contributed by atoms with Crippen LogP contribution >= 0.6 is 11.3 Å². The number of aromatic nitrogens is 1. The van der Waals surface area contributed by atoms with Gasteiger partial charge >= 0.3 is 18.0 Å². The Labute approximate surface area is 188 Å². The number of nitrogens with one attached hydrogen (secondary N) is 4. The molecule has 4 amide bonds. The van der Waals surface area contributed by atoms with E-state index in [4.69, 9.17) is 5.11 Å². The van der Waals surface area contributed by atoms with E-state index in [1.165, 1.54) is 11.3 Å². The fourth-order valence-corrected chi connectivity index (χ4v) is 4.17. The molecule has 32 heavy (non-hydrogen) atoms. The average Bonchev–Trinajstić information content (AvgIpc) is 3.44. The second-order valence-electron chi connectivity index (χ2n) is 7.55. The van der Waals surface area contributed by atoms with E-state index in [2.05, 4.69) is 26.3 Å². The second kappa shape index (κ2) is 10.7. The zero-order chi connectivity index (χ0) is 23.1. The number of nitrogens with zero attached hydrogens (tertiary/aromatic N) is 1. The molecule has 0 spiro atoms. The van der Waals surface area contributed by atoms with E-state index in [0.717, 1.165) is 31.2 Å². The normalized spacial score (nSPS) is 13.4. The van der Waals surface area contributed by atoms with Crippen molar-refractivity contribution in [2.45, 2.75) is 39.2 Å². The molecule has 1 aromatic carbocycles. The number of thiazole rings is 1. The Hall–Kier alpha value is -3.47. The third kappa shape index (κ3) is 6.51. The minimum atomic E-state index is -1.15.